The molecule has 1 aromatic rings. The second kappa shape index (κ2) is 3.52. The predicted molar refractivity (Wildman–Crippen MR) is 42.8 cm³/mol. The molecular formula is C7H5F3N2O2. The molecule has 0 saturated carbocycles. The topological polar surface area (TPSA) is 65.7 Å². The summed E-state index contributed by atoms with van der Waals surface area (Å²) >= 11 is 0. The highest BCUT2D eigenvalue weighted by atomic mass is 19.4. The largest absolute Gasteiger partial charge is 0.409 e. The molecule has 0 aliphatic carbocycles. The molecule has 0 spiro atoms. The summed E-state index contributed by atoms with van der Waals surface area (Å²) in [5.41, 5.74) is -1.89. The molecule has 2 N–H and O–H groups in total. The Morgan fingerprint density at radius 2 is 1.93 bits per heavy atom. The Labute approximate surface area is 75.1 Å². The minimum atomic E-state index is -4.48. The van der Waals surface area contributed by atoms with E-state index >= 15 is 0 Å². The van der Waals surface area contributed by atoms with Crippen LogP contribution in [0.15, 0.2) is 21.9 Å². The van der Waals surface area contributed by atoms with E-state index < -0.39 is 17.4 Å². The number of aromatic amines is 2. The third-order valence-electron chi connectivity index (χ3n) is 1.30. The summed E-state index contributed by atoms with van der Waals surface area (Å²) in [6.07, 6.45) is -3.09. The van der Waals surface area contributed by atoms with Gasteiger partial charge in [-0.2, -0.15) is 13.2 Å². The van der Waals surface area contributed by atoms with Gasteiger partial charge in [0.25, 0.3) is 5.56 Å². The smallest absolute Gasteiger partial charge is 0.314 e. The van der Waals surface area contributed by atoms with Gasteiger partial charge >= 0.3 is 11.9 Å². The van der Waals surface area contributed by atoms with Gasteiger partial charge in [0.2, 0.25) is 0 Å². The van der Waals surface area contributed by atoms with Crippen molar-refractivity contribution in [2.75, 3.05) is 0 Å². The first-order chi connectivity index (χ1) is 6.38. The number of hydrogen-bond acceptors (Lipinski definition) is 2. The molecule has 0 unspecified atom stereocenters. The number of rotatable bonds is 1. The van der Waals surface area contributed by atoms with Crippen molar-refractivity contribution in [3.05, 3.63) is 38.7 Å². The molecule has 0 bridgehead atoms. The molecule has 1 heterocycles. The van der Waals surface area contributed by atoms with Crippen LogP contribution in [0.1, 0.15) is 5.56 Å². The van der Waals surface area contributed by atoms with E-state index in [4.69, 9.17) is 0 Å². The highest BCUT2D eigenvalue weighted by molar-refractivity contribution is 5.46. The lowest BCUT2D eigenvalue weighted by atomic mass is 10.3. The molecule has 0 radical (unpaired) electrons. The van der Waals surface area contributed by atoms with Gasteiger partial charge < -0.3 is 4.98 Å². The van der Waals surface area contributed by atoms with E-state index in [0.717, 1.165) is 6.20 Å². The first-order valence-corrected chi connectivity index (χ1v) is 3.46. The summed E-state index contributed by atoms with van der Waals surface area (Å²) in [5, 5.41) is 0. The summed E-state index contributed by atoms with van der Waals surface area (Å²) in [6, 6.07) is 0. The van der Waals surface area contributed by atoms with E-state index in [9.17, 15) is 22.8 Å². The van der Waals surface area contributed by atoms with Crippen LogP contribution in [0, 0.1) is 0 Å². The molecule has 0 aliphatic heterocycles. The van der Waals surface area contributed by atoms with E-state index in [1.807, 2.05) is 4.98 Å². The Kier molecular flexibility index (Phi) is 2.59. The fourth-order valence-electron chi connectivity index (χ4n) is 0.728. The fraction of sp³-hybridized carbons (Fsp3) is 0.143. The van der Waals surface area contributed by atoms with E-state index in [0.29, 0.717) is 6.08 Å². The second-order valence-corrected chi connectivity index (χ2v) is 2.40. The number of nitrogens with one attached hydrogen (secondary N) is 2. The highest BCUT2D eigenvalue weighted by Gasteiger charge is 2.21. The van der Waals surface area contributed by atoms with Crippen molar-refractivity contribution < 1.29 is 13.2 Å². The normalized spacial score (nSPS) is 12.2. The standard InChI is InChI=1S/C7H5F3N2O2/c8-7(9,10)2-1-4-3-11-6(14)12-5(4)13/h1-3H,(H2,11,12,13,14). The van der Waals surface area contributed by atoms with Crippen molar-refractivity contribution in [2.24, 2.45) is 0 Å². The third kappa shape index (κ3) is 2.92. The highest BCUT2D eigenvalue weighted by Crippen LogP contribution is 2.16. The third-order valence-corrected chi connectivity index (χ3v) is 1.30. The zero-order valence-corrected chi connectivity index (χ0v) is 6.68. The monoisotopic (exact) mass is 206 g/mol. The Hall–Kier alpha value is -1.79. The van der Waals surface area contributed by atoms with Crippen molar-refractivity contribution in [3.63, 3.8) is 0 Å². The molecule has 4 nitrogen and oxygen atoms in total. The second-order valence-electron chi connectivity index (χ2n) is 2.40. The Bertz CT molecular complexity index is 455. The lowest BCUT2D eigenvalue weighted by Gasteiger charge is -1.96. The number of allylic oxidation sites excluding steroid dienone is 1. The van der Waals surface area contributed by atoms with E-state index in [2.05, 4.69) is 0 Å². The predicted octanol–water partition coefficient (Wildman–Crippen LogP) is 0.639. The number of hydrogen-bond donors (Lipinski definition) is 2. The molecule has 0 fully saturated rings. The lowest BCUT2D eigenvalue weighted by Crippen LogP contribution is -2.23. The molecule has 1 aromatic heterocycles. The van der Waals surface area contributed by atoms with Crippen LogP contribution in [0.25, 0.3) is 6.08 Å². The van der Waals surface area contributed by atoms with Gasteiger partial charge in [-0.25, -0.2) is 4.79 Å². The SMILES string of the molecule is O=c1[nH]cc(C=CC(F)(F)F)c(=O)[nH]1. The molecule has 7 heteroatoms. The first kappa shape index (κ1) is 10.3. The molecule has 0 saturated heterocycles. The van der Waals surface area contributed by atoms with Gasteiger partial charge in [-0.3, -0.25) is 9.78 Å². The van der Waals surface area contributed by atoms with Gasteiger partial charge in [0.15, 0.2) is 0 Å². The quantitative estimate of drug-likeness (QED) is 0.708. The maximum absolute atomic E-state index is 11.7. The van der Waals surface area contributed by atoms with Gasteiger partial charge in [-0.05, 0) is 6.08 Å². The molecule has 1 rings (SSSR count). The van der Waals surface area contributed by atoms with Crippen LogP contribution in [0.4, 0.5) is 13.2 Å². The number of H-pyrrole nitrogens is 2. The van der Waals surface area contributed by atoms with E-state index in [1.54, 1.807) is 4.98 Å². The Balaban J connectivity index is 3.05. The van der Waals surface area contributed by atoms with Crippen molar-refractivity contribution in [1.29, 1.82) is 0 Å². The van der Waals surface area contributed by atoms with Crippen LogP contribution < -0.4 is 11.2 Å². The van der Waals surface area contributed by atoms with Crippen molar-refractivity contribution >= 4 is 6.08 Å². The van der Waals surface area contributed by atoms with Gasteiger partial charge in [-0.15, -0.1) is 0 Å². The first-order valence-electron chi connectivity index (χ1n) is 3.46. The van der Waals surface area contributed by atoms with E-state index in [1.165, 1.54) is 0 Å². The molecule has 0 aliphatic rings. The number of alkyl halides is 3. The van der Waals surface area contributed by atoms with Crippen LogP contribution in [0.2, 0.25) is 0 Å². The van der Waals surface area contributed by atoms with Crippen molar-refractivity contribution in [3.8, 4) is 0 Å². The minimum Gasteiger partial charge on any atom is -0.314 e. The van der Waals surface area contributed by atoms with Gasteiger partial charge in [-0.1, -0.05) is 0 Å². The maximum Gasteiger partial charge on any atom is 0.409 e. The minimum absolute atomic E-state index is 0.0874. The molecule has 76 valence electrons. The summed E-state index contributed by atoms with van der Waals surface area (Å²) in [6.45, 7) is 0. The lowest BCUT2D eigenvalue weighted by molar-refractivity contribution is -0.0790. The molecule has 14 heavy (non-hydrogen) atoms. The van der Waals surface area contributed by atoms with E-state index in [-0.39, 0.29) is 11.6 Å². The van der Waals surface area contributed by atoms with Crippen LogP contribution in [-0.2, 0) is 0 Å². The Morgan fingerprint density at radius 1 is 1.29 bits per heavy atom. The molecule has 0 amide bonds. The average molecular weight is 206 g/mol. The summed E-state index contributed by atoms with van der Waals surface area (Å²) in [5.74, 6) is 0. The van der Waals surface area contributed by atoms with Crippen molar-refractivity contribution in [1.82, 2.24) is 9.97 Å². The number of halogens is 3. The van der Waals surface area contributed by atoms with Crippen LogP contribution in [-0.4, -0.2) is 16.1 Å². The zero-order valence-electron chi connectivity index (χ0n) is 6.68. The number of aromatic nitrogens is 2. The zero-order chi connectivity index (χ0) is 10.8. The summed E-state index contributed by atoms with van der Waals surface area (Å²) in [7, 11) is 0. The summed E-state index contributed by atoms with van der Waals surface area (Å²) < 4.78 is 35.0. The molecule has 0 aromatic carbocycles. The van der Waals surface area contributed by atoms with Crippen LogP contribution in [0.3, 0.4) is 0 Å². The van der Waals surface area contributed by atoms with Crippen LogP contribution in [0.5, 0.6) is 0 Å². The Morgan fingerprint density at radius 3 is 2.43 bits per heavy atom. The van der Waals surface area contributed by atoms with Gasteiger partial charge in [0.1, 0.15) is 0 Å². The summed E-state index contributed by atoms with van der Waals surface area (Å²) in [4.78, 5) is 25.2. The molecular weight excluding hydrogens is 201 g/mol. The maximum atomic E-state index is 11.7. The van der Waals surface area contributed by atoms with Crippen molar-refractivity contribution in [2.45, 2.75) is 6.18 Å². The molecule has 0 atom stereocenters. The van der Waals surface area contributed by atoms with Crippen LogP contribution >= 0.6 is 0 Å². The van der Waals surface area contributed by atoms with Gasteiger partial charge in [0.05, 0.1) is 5.56 Å². The van der Waals surface area contributed by atoms with Gasteiger partial charge in [0, 0.05) is 12.3 Å². The average Bonchev–Trinajstić information content (AvgIpc) is 2.00. The fourth-order valence-corrected chi connectivity index (χ4v) is 0.728.